The standard InChI is InChI=1S/C15H23NO3/c1-18-14-4-2-13(3-5-14)10-16-11-15(6-8-17)7-9-19-12-15/h2-5,16-17H,6-12H2,1H3. The summed E-state index contributed by atoms with van der Waals surface area (Å²) >= 11 is 0. The van der Waals surface area contributed by atoms with Crippen LogP contribution >= 0.6 is 0 Å². The van der Waals surface area contributed by atoms with Crippen molar-refractivity contribution in [3.8, 4) is 5.75 Å². The first-order valence-electron chi connectivity index (χ1n) is 6.80. The van der Waals surface area contributed by atoms with Crippen LogP contribution in [0.25, 0.3) is 0 Å². The van der Waals surface area contributed by atoms with Crippen LogP contribution in [-0.2, 0) is 11.3 Å². The first-order valence-corrected chi connectivity index (χ1v) is 6.80. The molecule has 1 fully saturated rings. The molecule has 4 heteroatoms. The molecule has 19 heavy (non-hydrogen) atoms. The van der Waals surface area contributed by atoms with Gasteiger partial charge in [0.1, 0.15) is 5.75 Å². The summed E-state index contributed by atoms with van der Waals surface area (Å²) in [5, 5.41) is 12.6. The minimum Gasteiger partial charge on any atom is -0.497 e. The van der Waals surface area contributed by atoms with Crippen molar-refractivity contribution in [2.24, 2.45) is 5.41 Å². The zero-order valence-electron chi connectivity index (χ0n) is 11.5. The summed E-state index contributed by atoms with van der Waals surface area (Å²) in [6.45, 7) is 3.51. The molecule has 0 saturated carbocycles. The van der Waals surface area contributed by atoms with Crippen molar-refractivity contribution in [3.05, 3.63) is 29.8 Å². The summed E-state index contributed by atoms with van der Waals surface area (Å²) in [7, 11) is 1.67. The second kappa shape index (κ2) is 6.89. The molecule has 106 valence electrons. The van der Waals surface area contributed by atoms with E-state index in [9.17, 15) is 0 Å². The maximum atomic E-state index is 9.17. The van der Waals surface area contributed by atoms with Crippen LogP contribution in [0, 0.1) is 5.41 Å². The van der Waals surface area contributed by atoms with Crippen molar-refractivity contribution in [1.82, 2.24) is 5.32 Å². The normalized spacial score (nSPS) is 22.6. The zero-order valence-corrected chi connectivity index (χ0v) is 11.5. The summed E-state index contributed by atoms with van der Waals surface area (Å²) in [5.41, 5.74) is 1.35. The number of hydrogen-bond acceptors (Lipinski definition) is 4. The fourth-order valence-electron chi connectivity index (χ4n) is 2.53. The molecule has 2 rings (SSSR count). The third-order valence-electron chi connectivity index (χ3n) is 3.82. The summed E-state index contributed by atoms with van der Waals surface area (Å²) in [5.74, 6) is 0.879. The molecular weight excluding hydrogens is 242 g/mol. The highest BCUT2D eigenvalue weighted by Gasteiger charge is 2.33. The lowest BCUT2D eigenvalue weighted by molar-refractivity contribution is 0.124. The maximum Gasteiger partial charge on any atom is 0.118 e. The lowest BCUT2D eigenvalue weighted by Crippen LogP contribution is -2.35. The van der Waals surface area contributed by atoms with E-state index in [1.807, 2.05) is 12.1 Å². The van der Waals surface area contributed by atoms with Crippen molar-refractivity contribution in [2.45, 2.75) is 19.4 Å². The molecule has 1 aromatic carbocycles. The molecule has 0 bridgehead atoms. The van der Waals surface area contributed by atoms with Gasteiger partial charge in [-0.25, -0.2) is 0 Å². The van der Waals surface area contributed by atoms with Crippen LogP contribution < -0.4 is 10.1 Å². The second-order valence-electron chi connectivity index (χ2n) is 5.23. The van der Waals surface area contributed by atoms with Gasteiger partial charge in [0, 0.05) is 31.7 Å². The molecule has 1 unspecified atom stereocenters. The molecular formula is C15H23NO3. The Kier molecular flexibility index (Phi) is 5.19. The van der Waals surface area contributed by atoms with Crippen molar-refractivity contribution in [2.75, 3.05) is 33.5 Å². The average molecular weight is 265 g/mol. The van der Waals surface area contributed by atoms with Gasteiger partial charge >= 0.3 is 0 Å². The number of rotatable bonds is 7. The summed E-state index contributed by atoms with van der Waals surface area (Å²) < 4.78 is 10.6. The third-order valence-corrected chi connectivity index (χ3v) is 3.82. The highest BCUT2D eigenvalue weighted by atomic mass is 16.5. The van der Waals surface area contributed by atoms with Gasteiger partial charge in [0.05, 0.1) is 13.7 Å². The van der Waals surface area contributed by atoms with E-state index < -0.39 is 0 Å². The minimum absolute atomic E-state index is 0.112. The van der Waals surface area contributed by atoms with Gasteiger partial charge in [0.15, 0.2) is 0 Å². The monoisotopic (exact) mass is 265 g/mol. The molecule has 0 radical (unpaired) electrons. The van der Waals surface area contributed by atoms with Gasteiger partial charge in [-0.15, -0.1) is 0 Å². The second-order valence-corrected chi connectivity index (χ2v) is 5.23. The number of aliphatic hydroxyl groups excluding tert-OH is 1. The number of aliphatic hydroxyl groups is 1. The van der Waals surface area contributed by atoms with E-state index in [4.69, 9.17) is 14.6 Å². The Morgan fingerprint density at radius 3 is 2.74 bits per heavy atom. The highest BCUT2D eigenvalue weighted by molar-refractivity contribution is 5.27. The van der Waals surface area contributed by atoms with Gasteiger partial charge in [-0.05, 0) is 30.5 Å². The predicted octanol–water partition coefficient (Wildman–Crippen LogP) is 1.57. The molecule has 2 N–H and O–H groups in total. The fraction of sp³-hybridized carbons (Fsp3) is 0.600. The third kappa shape index (κ3) is 3.93. The van der Waals surface area contributed by atoms with Gasteiger partial charge < -0.3 is 19.9 Å². The molecule has 0 amide bonds. The Hall–Kier alpha value is -1.10. The Labute approximate surface area is 114 Å². The van der Waals surface area contributed by atoms with E-state index in [1.54, 1.807) is 7.11 Å². The lowest BCUT2D eigenvalue weighted by Gasteiger charge is -2.26. The number of hydrogen-bond donors (Lipinski definition) is 2. The van der Waals surface area contributed by atoms with Crippen LogP contribution in [0.15, 0.2) is 24.3 Å². The molecule has 0 aliphatic carbocycles. The van der Waals surface area contributed by atoms with Gasteiger partial charge in [0.2, 0.25) is 0 Å². The maximum absolute atomic E-state index is 9.17. The molecule has 4 nitrogen and oxygen atoms in total. The van der Waals surface area contributed by atoms with E-state index in [0.29, 0.717) is 0 Å². The van der Waals surface area contributed by atoms with Crippen LogP contribution in [0.5, 0.6) is 5.75 Å². The average Bonchev–Trinajstić information content (AvgIpc) is 2.89. The molecule has 1 aliphatic rings. The molecule has 0 aromatic heterocycles. The van der Waals surface area contributed by atoms with Crippen LogP contribution in [0.2, 0.25) is 0 Å². The largest absolute Gasteiger partial charge is 0.497 e. The van der Waals surface area contributed by atoms with Crippen molar-refractivity contribution >= 4 is 0 Å². The summed E-state index contributed by atoms with van der Waals surface area (Å²) in [6.07, 6.45) is 1.84. The Morgan fingerprint density at radius 1 is 1.37 bits per heavy atom. The molecule has 1 aromatic rings. The molecule has 1 aliphatic heterocycles. The number of benzene rings is 1. The summed E-state index contributed by atoms with van der Waals surface area (Å²) in [6, 6.07) is 8.07. The van der Waals surface area contributed by atoms with Crippen molar-refractivity contribution < 1.29 is 14.6 Å². The van der Waals surface area contributed by atoms with E-state index in [2.05, 4.69) is 17.4 Å². The zero-order chi connectivity index (χ0) is 13.6. The van der Waals surface area contributed by atoms with Crippen LogP contribution in [0.3, 0.4) is 0 Å². The van der Waals surface area contributed by atoms with Crippen LogP contribution in [0.1, 0.15) is 18.4 Å². The van der Waals surface area contributed by atoms with Crippen LogP contribution in [0.4, 0.5) is 0 Å². The Morgan fingerprint density at radius 2 is 2.16 bits per heavy atom. The Balaban J connectivity index is 1.81. The van der Waals surface area contributed by atoms with Crippen LogP contribution in [-0.4, -0.2) is 38.6 Å². The van der Waals surface area contributed by atoms with Gasteiger partial charge in [-0.1, -0.05) is 12.1 Å². The SMILES string of the molecule is COc1ccc(CNCC2(CCO)CCOC2)cc1. The fourth-order valence-corrected chi connectivity index (χ4v) is 2.53. The quantitative estimate of drug-likeness (QED) is 0.786. The van der Waals surface area contributed by atoms with Crippen molar-refractivity contribution in [3.63, 3.8) is 0 Å². The van der Waals surface area contributed by atoms with E-state index in [1.165, 1.54) is 5.56 Å². The minimum atomic E-state index is 0.112. The van der Waals surface area contributed by atoms with Gasteiger partial charge in [-0.3, -0.25) is 0 Å². The van der Waals surface area contributed by atoms with E-state index in [0.717, 1.165) is 44.9 Å². The van der Waals surface area contributed by atoms with Gasteiger partial charge in [0.25, 0.3) is 0 Å². The highest BCUT2D eigenvalue weighted by Crippen LogP contribution is 2.31. The van der Waals surface area contributed by atoms with E-state index >= 15 is 0 Å². The number of nitrogens with one attached hydrogen (secondary N) is 1. The molecule has 1 heterocycles. The first kappa shape index (κ1) is 14.3. The topological polar surface area (TPSA) is 50.7 Å². The number of methoxy groups -OCH3 is 1. The van der Waals surface area contributed by atoms with E-state index in [-0.39, 0.29) is 12.0 Å². The molecule has 0 spiro atoms. The van der Waals surface area contributed by atoms with Gasteiger partial charge in [-0.2, -0.15) is 0 Å². The number of ether oxygens (including phenoxy) is 2. The smallest absolute Gasteiger partial charge is 0.118 e. The first-order chi connectivity index (χ1) is 9.28. The molecule has 1 atom stereocenters. The Bertz CT molecular complexity index is 371. The van der Waals surface area contributed by atoms with Crippen molar-refractivity contribution in [1.29, 1.82) is 0 Å². The summed E-state index contributed by atoms with van der Waals surface area (Å²) in [4.78, 5) is 0. The molecule has 1 saturated heterocycles. The predicted molar refractivity (Wildman–Crippen MR) is 74.3 cm³/mol. The lowest BCUT2D eigenvalue weighted by atomic mass is 9.84.